The van der Waals surface area contributed by atoms with Gasteiger partial charge in [-0.25, -0.2) is 0 Å². The third kappa shape index (κ3) is 3.08. The van der Waals surface area contributed by atoms with Crippen LogP contribution in [0, 0.1) is 16.7 Å². The van der Waals surface area contributed by atoms with Gasteiger partial charge in [-0.05, 0) is 12.3 Å². The van der Waals surface area contributed by atoms with Crippen LogP contribution in [0.15, 0.2) is 17.8 Å². The zero-order chi connectivity index (χ0) is 12.3. The zero-order valence-corrected chi connectivity index (χ0v) is 11.0. The summed E-state index contributed by atoms with van der Waals surface area (Å²) >= 11 is 0. The molecule has 1 N–H and O–H groups in total. The molecule has 0 aliphatic heterocycles. The maximum absolute atomic E-state index is 9.23. The maximum Gasteiger partial charge on any atom is 0.0688 e. The number of allylic oxidation sites excluding steroid dienone is 1. The molecule has 15 heavy (non-hydrogen) atoms. The lowest BCUT2D eigenvalue weighted by atomic mass is 9.66. The molecular weight excluding hydrogens is 186 g/mol. The highest BCUT2D eigenvalue weighted by Crippen LogP contribution is 2.38. The summed E-state index contributed by atoms with van der Waals surface area (Å²) in [5, 5.41) is 12.8. The van der Waals surface area contributed by atoms with Gasteiger partial charge < -0.3 is 5.21 Å². The molecule has 0 heterocycles. The topological polar surface area (TPSA) is 32.6 Å². The molecule has 0 spiro atoms. The van der Waals surface area contributed by atoms with Crippen molar-refractivity contribution in [3.05, 3.63) is 12.7 Å². The fraction of sp³-hybridized carbons (Fsp3) is 0.769. The van der Waals surface area contributed by atoms with E-state index in [1.54, 1.807) is 0 Å². The lowest BCUT2D eigenvalue weighted by molar-refractivity contribution is 0.267. The Balaban J connectivity index is 5.18. The monoisotopic (exact) mass is 211 g/mol. The molecule has 0 atom stereocenters. The van der Waals surface area contributed by atoms with E-state index in [9.17, 15) is 5.21 Å². The van der Waals surface area contributed by atoms with Gasteiger partial charge in [-0.2, -0.15) is 0 Å². The number of hydrogen-bond acceptors (Lipinski definition) is 2. The second-order valence-corrected chi connectivity index (χ2v) is 5.70. The normalized spacial score (nSPS) is 14.5. The van der Waals surface area contributed by atoms with Gasteiger partial charge >= 0.3 is 0 Å². The van der Waals surface area contributed by atoms with Crippen LogP contribution in [0.4, 0.5) is 0 Å². The highest BCUT2D eigenvalue weighted by Gasteiger charge is 2.38. The second-order valence-electron chi connectivity index (χ2n) is 5.70. The Hall–Kier alpha value is -0.790. The van der Waals surface area contributed by atoms with Crippen molar-refractivity contribution in [2.24, 2.45) is 21.9 Å². The Bertz CT molecular complexity index is 249. The van der Waals surface area contributed by atoms with Crippen LogP contribution < -0.4 is 0 Å². The predicted molar refractivity (Wildman–Crippen MR) is 66.4 cm³/mol. The standard InChI is InChI=1S/C13H25NO/c1-8-9-12(4,5)11(14-15)13(6,7)10(2)3/h8,10,15H,1,9H2,2-7H3. The van der Waals surface area contributed by atoms with Gasteiger partial charge in [0.25, 0.3) is 0 Å². The Kier molecular flexibility index (Phi) is 4.57. The smallest absolute Gasteiger partial charge is 0.0688 e. The minimum atomic E-state index is -0.135. The Labute approximate surface area is 94.1 Å². The molecule has 0 rings (SSSR count). The van der Waals surface area contributed by atoms with Crippen LogP contribution in [0.2, 0.25) is 0 Å². The first kappa shape index (κ1) is 14.2. The van der Waals surface area contributed by atoms with E-state index < -0.39 is 0 Å². The van der Waals surface area contributed by atoms with Crippen molar-refractivity contribution in [2.75, 3.05) is 0 Å². The van der Waals surface area contributed by atoms with Crippen LogP contribution in [-0.4, -0.2) is 10.9 Å². The molecule has 0 saturated carbocycles. The van der Waals surface area contributed by atoms with Crippen LogP contribution in [0.1, 0.15) is 48.0 Å². The van der Waals surface area contributed by atoms with E-state index in [4.69, 9.17) is 0 Å². The molecule has 0 amide bonds. The zero-order valence-electron chi connectivity index (χ0n) is 11.0. The van der Waals surface area contributed by atoms with Crippen molar-refractivity contribution in [3.8, 4) is 0 Å². The fourth-order valence-corrected chi connectivity index (χ4v) is 1.87. The molecule has 2 nitrogen and oxygen atoms in total. The van der Waals surface area contributed by atoms with Gasteiger partial charge in [-0.1, -0.05) is 52.8 Å². The maximum atomic E-state index is 9.23. The van der Waals surface area contributed by atoms with Crippen LogP contribution in [0.3, 0.4) is 0 Å². The second kappa shape index (κ2) is 4.82. The van der Waals surface area contributed by atoms with Crippen molar-refractivity contribution in [1.29, 1.82) is 0 Å². The van der Waals surface area contributed by atoms with Crippen LogP contribution in [0.5, 0.6) is 0 Å². The Morgan fingerprint density at radius 3 is 2.07 bits per heavy atom. The molecule has 88 valence electrons. The van der Waals surface area contributed by atoms with E-state index in [2.05, 4.69) is 53.3 Å². The molecule has 0 aromatic carbocycles. The highest BCUT2D eigenvalue weighted by molar-refractivity contribution is 5.94. The van der Waals surface area contributed by atoms with E-state index in [-0.39, 0.29) is 10.8 Å². The van der Waals surface area contributed by atoms with E-state index in [0.29, 0.717) is 5.92 Å². The summed E-state index contributed by atoms with van der Waals surface area (Å²) in [7, 11) is 0. The number of oxime groups is 1. The van der Waals surface area contributed by atoms with E-state index in [1.807, 2.05) is 6.08 Å². The number of rotatable bonds is 5. The van der Waals surface area contributed by atoms with E-state index in [1.165, 1.54) is 0 Å². The summed E-state index contributed by atoms with van der Waals surface area (Å²) in [5.41, 5.74) is 0.621. The average Bonchev–Trinajstić information content (AvgIpc) is 2.03. The van der Waals surface area contributed by atoms with Crippen molar-refractivity contribution >= 4 is 5.71 Å². The van der Waals surface area contributed by atoms with Gasteiger partial charge in [0, 0.05) is 10.8 Å². The minimum absolute atomic E-state index is 0.0960. The van der Waals surface area contributed by atoms with Crippen LogP contribution >= 0.6 is 0 Å². The molecule has 0 radical (unpaired) electrons. The molecule has 0 aliphatic carbocycles. The number of nitrogens with zero attached hydrogens (tertiary/aromatic N) is 1. The van der Waals surface area contributed by atoms with Crippen molar-refractivity contribution in [2.45, 2.75) is 48.0 Å². The Morgan fingerprint density at radius 2 is 1.80 bits per heavy atom. The number of hydrogen-bond donors (Lipinski definition) is 1. The van der Waals surface area contributed by atoms with Gasteiger partial charge in [-0.15, -0.1) is 6.58 Å². The van der Waals surface area contributed by atoms with E-state index in [0.717, 1.165) is 12.1 Å². The first-order valence-corrected chi connectivity index (χ1v) is 5.54. The van der Waals surface area contributed by atoms with Crippen molar-refractivity contribution in [1.82, 2.24) is 0 Å². The third-order valence-electron chi connectivity index (χ3n) is 3.45. The molecule has 2 heteroatoms. The highest BCUT2D eigenvalue weighted by atomic mass is 16.4. The lowest BCUT2D eigenvalue weighted by Crippen LogP contribution is -2.40. The third-order valence-corrected chi connectivity index (χ3v) is 3.45. The lowest BCUT2D eigenvalue weighted by Gasteiger charge is -2.38. The van der Waals surface area contributed by atoms with Crippen LogP contribution in [0.25, 0.3) is 0 Å². The molecule has 0 aliphatic rings. The summed E-state index contributed by atoms with van der Waals surface area (Å²) in [5.74, 6) is 0.437. The molecule has 0 fully saturated rings. The predicted octanol–water partition coefficient (Wildman–Crippen LogP) is 4.10. The molecule has 0 saturated heterocycles. The fourth-order valence-electron chi connectivity index (χ4n) is 1.87. The van der Waals surface area contributed by atoms with Gasteiger partial charge in [0.1, 0.15) is 0 Å². The van der Waals surface area contributed by atoms with Crippen molar-refractivity contribution < 1.29 is 5.21 Å². The van der Waals surface area contributed by atoms with Gasteiger partial charge in [-0.3, -0.25) is 0 Å². The van der Waals surface area contributed by atoms with Gasteiger partial charge in [0.05, 0.1) is 5.71 Å². The van der Waals surface area contributed by atoms with E-state index >= 15 is 0 Å². The first-order valence-electron chi connectivity index (χ1n) is 5.54. The SMILES string of the molecule is C=CCC(C)(C)C(=NO)C(C)(C)C(C)C. The quantitative estimate of drug-likeness (QED) is 0.316. The summed E-state index contributed by atoms with van der Waals surface area (Å²) in [6.07, 6.45) is 2.70. The summed E-state index contributed by atoms with van der Waals surface area (Å²) in [6, 6.07) is 0. The summed E-state index contributed by atoms with van der Waals surface area (Å²) < 4.78 is 0. The minimum Gasteiger partial charge on any atom is -0.411 e. The van der Waals surface area contributed by atoms with Crippen molar-refractivity contribution in [3.63, 3.8) is 0 Å². The molecule has 0 aromatic rings. The molecule has 0 aromatic heterocycles. The molecular formula is C13H25NO. The summed E-state index contributed by atoms with van der Waals surface area (Å²) in [4.78, 5) is 0. The average molecular weight is 211 g/mol. The first-order chi connectivity index (χ1) is 6.70. The molecule has 0 unspecified atom stereocenters. The van der Waals surface area contributed by atoms with Gasteiger partial charge in [0.15, 0.2) is 0 Å². The Morgan fingerprint density at radius 1 is 1.33 bits per heavy atom. The largest absolute Gasteiger partial charge is 0.411 e. The van der Waals surface area contributed by atoms with Crippen LogP contribution in [-0.2, 0) is 0 Å². The summed E-state index contributed by atoms with van der Waals surface area (Å²) in [6.45, 7) is 16.5. The van der Waals surface area contributed by atoms with Gasteiger partial charge in [0.2, 0.25) is 0 Å². The molecule has 0 bridgehead atoms.